The van der Waals surface area contributed by atoms with E-state index in [0.29, 0.717) is 0 Å². The van der Waals surface area contributed by atoms with Gasteiger partial charge in [0.2, 0.25) is 0 Å². The van der Waals surface area contributed by atoms with E-state index >= 15 is 0 Å². The Kier molecular flexibility index (Phi) is 25.7. The van der Waals surface area contributed by atoms with Crippen molar-refractivity contribution in [2.45, 2.75) is 79.1 Å². The lowest BCUT2D eigenvalue weighted by molar-refractivity contribution is 0.504. The molecular formula is C12H37N. The molecule has 2 aliphatic carbocycles. The molecular weight excluding hydrogens is 158 g/mol. The van der Waals surface area contributed by atoms with Crippen molar-refractivity contribution in [2.24, 2.45) is 0 Å². The maximum absolute atomic E-state index is 2.12. The largest absolute Gasteiger partial charge is 0.344 e. The number of hydrogen-bond acceptors (Lipinski definition) is 1. The molecule has 2 fully saturated rings. The van der Waals surface area contributed by atoms with Crippen molar-refractivity contribution in [3.05, 3.63) is 0 Å². The average Bonchev–Trinajstić information content (AvgIpc) is 1.52. The third-order valence-electron chi connectivity index (χ3n) is 2.00. The highest BCUT2D eigenvalue weighted by Crippen LogP contribution is 2.15. The molecule has 2 saturated carbocycles. The lowest BCUT2D eigenvalue weighted by atomic mass is 10.0. The Morgan fingerprint density at radius 2 is 0.769 bits per heavy atom. The van der Waals surface area contributed by atoms with Crippen molar-refractivity contribution in [3.63, 3.8) is 0 Å². The highest BCUT2D eigenvalue weighted by atomic mass is 14.0. The van der Waals surface area contributed by atoms with E-state index < -0.39 is 0 Å². The van der Waals surface area contributed by atoms with Crippen LogP contribution < -0.4 is 6.15 Å². The molecule has 2 rings (SSSR count). The summed E-state index contributed by atoms with van der Waals surface area (Å²) in [5, 5.41) is 0. The first-order valence-corrected chi connectivity index (χ1v) is 5.41. The van der Waals surface area contributed by atoms with Crippen LogP contribution in [0.25, 0.3) is 0 Å². The zero-order valence-electron chi connectivity index (χ0n) is 9.07. The van der Waals surface area contributed by atoms with Gasteiger partial charge in [0.05, 0.1) is 0 Å². The second-order valence-electron chi connectivity index (χ2n) is 3.54. The predicted octanol–water partition coefficient (Wildman–Crippen LogP) is 6.07. The van der Waals surface area contributed by atoms with E-state index in [1.165, 1.54) is 57.8 Å². The minimum Gasteiger partial charge on any atom is -0.344 e. The predicted molar refractivity (Wildman–Crippen MR) is 71.0 cm³/mol. The molecule has 0 saturated heterocycles. The molecule has 0 radical (unpaired) electrons. The van der Waals surface area contributed by atoms with Gasteiger partial charge in [-0.05, 0) is 0 Å². The van der Waals surface area contributed by atoms with E-state index in [1.807, 2.05) is 0 Å². The fourth-order valence-electron chi connectivity index (χ4n) is 0.500. The van der Waals surface area contributed by atoms with Crippen LogP contribution in [0.4, 0.5) is 0 Å². The van der Waals surface area contributed by atoms with Crippen molar-refractivity contribution in [3.8, 4) is 0 Å². The Balaban J connectivity index is -0.0000000205. The van der Waals surface area contributed by atoms with Gasteiger partial charge in [0.1, 0.15) is 0 Å². The van der Waals surface area contributed by atoms with Crippen LogP contribution in [0.3, 0.4) is 0 Å². The third kappa shape index (κ3) is 18.7. The third-order valence-corrected chi connectivity index (χ3v) is 2.00. The molecule has 3 N–H and O–H groups in total. The zero-order valence-corrected chi connectivity index (χ0v) is 9.07. The van der Waals surface area contributed by atoms with Gasteiger partial charge in [-0.25, -0.2) is 0 Å². The standard InChI is InChI=1S/2C4H8.C3H8.CH4.H3N.3H2/c2*1-2-4-3-1;1-3-2;;;;;/h2*1-4H2;3H2,1-2H3;1H4;1H3;3*1H. The van der Waals surface area contributed by atoms with Gasteiger partial charge in [0.15, 0.2) is 0 Å². The molecule has 0 aliphatic heterocycles. The molecule has 90 valence electrons. The first-order valence-electron chi connectivity index (χ1n) is 5.41. The Labute approximate surface area is 90.3 Å². The Hall–Kier alpha value is -0.0400. The quantitative estimate of drug-likeness (QED) is 0.500. The molecule has 0 atom stereocenters. The maximum Gasteiger partial charge on any atom is 0 e. The summed E-state index contributed by atoms with van der Waals surface area (Å²) in [4.78, 5) is 0. The molecule has 13 heavy (non-hydrogen) atoms. The smallest absolute Gasteiger partial charge is 0 e. The van der Waals surface area contributed by atoms with Crippen LogP contribution in [0.1, 0.15) is 83.3 Å². The second kappa shape index (κ2) is 17.9. The van der Waals surface area contributed by atoms with E-state index in [2.05, 4.69) is 13.8 Å². The van der Waals surface area contributed by atoms with Gasteiger partial charge in [0, 0.05) is 4.28 Å². The molecule has 0 amide bonds. The summed E-state index contributed by atoms with van der Waals surface area (Å²) in [6.45, 7) is 4.25. The molecule has 2 aliphatic rings. The van der Waals surface area contributed by atoms with E-state index in [9.17, 15) is 0 Å². The maximum atomic E-state index is 2.12. The summed E-state index contributed by atoms with van der Waals surface area (Å²) in [6.07, 6.45) is 13.2. The van der Waals surface area contributed by atoms with E-state index in [-0.39, 0.29) is 17.9 Å². The first kappa shape index (κ1) is 18.7. The topological polar surface area (TPSA) is 35.0 Å². The van der Waals surface area contributed by atoms with Crippen LogP contribution in [-0.4, -0.2) is 0 Å². The van der Waals surface area contributed by atoms with Gasteiger partial charge in [-0.2, -0.15) is 0 Å². The van der Waals surface area contributed by atoms with Gasteiger partial charge in [0.25, 0.3) is 0 Å². The van der Waals surface area contributed by atoms with Gasteiger partial charge >= 0.3 is 0 Å². The lowest BCUT2D eigenvalue weighted by Gasteiger charge is -2.05. The minimum atomic E-state index is 0. The van der Waals surface area contributed by atoms with Crippen LogP contribution >= 0.6 is 0 Å². The van der Waals surface area contributed by atoms with E-state index in [0.717, 1.165) is 0 Å². The summed E-state index contributed by atoms with van der Waals surface area (Å²) >= 11 is 0. The first-order chi connectivity index (χ1) is 5.41. The van der Waals surface area contributed by atoms with Gasteiger partial charge in [-0.3, -0.25) is 0 Å². The van der Waals surface area contributed by atoms with E-state index in [1.54, 1.807) is 0 Å². The molecule has 0 aromatic heterocycles. The summed E-state index contributed by atoms with van der Waals surface area (Å²) in [6, 6.07) is 0. The van der Waals surface area contributed by atoms with Crippen molar-refractivity contribution in [2.75, 3.05) is 0 Å². The second-order valence-corrected chi connectivity index (χ2v) is 3.54. The molecule has 1 nitrogen and oxygen atoms in total. The molecule has 0 aromatic rings. The van der Waals surface area contributed by atoms with Gasteiger partial charge in [-0.15, -0.1) is 0 Å². The van der Waals surface area contributed by atoms with Crippen molar-refractivity contribution < 1.29 is 4.28 Å². The molecule has 0 bridgehead atoms. The van der Waals surface area contributed by atoms with Crippen LogP contribution in [0, 0.1) is 0 Å². The Bertz CT molecular complexity index is 49.3. The minimum absolute atomic E-state index is 0. The summed E-state index contributed by atoms with van der Waals surface area (Å²) in [7, 11) is 0. The number of rotatable bonds is 0. The number of hydrogen-bond donors (Lipinski definition) is 1. The fourth-order valence-corrected chi connectivity index (χ4v) is 0.500. The van der Waals surface area contributed by atoms with Crippen LogP contribution in [0.2, 0.25) is 0 Å². The fraction of sp³-hybridized carbons (Fsp3) is 1.00. The molecule has 0 aromatic carbocycles. The van der Waals surface area contributed by atoms with Crippen LogP contribution in [0.15, 0.2) is 0 Å². The summed E-state index contributed by atoms with van der Waals surface area (Å²) in [5.74, 6) is 0. The Morgan fingerprint density at radius 1 is 0.692 bits per heavy atom. The summed E-state index contributed by atoms with van der Waals surface area (Å²) < 4.78 is 0. The highest BCUT2D eigenvalue weighted by Gasteiger charge is 1.95. The Morgan fingerprint density at radius 3 is 0.769 bits per heavy atom. The average molecular weight is 195 g/mol. The van der Waals surface area contributed by atoms with Crippen molar-refractivity contribution in [1.82, 2.24) is 6.15 Å². The normalized spacial score (nSPS) is 16.2. The summed E-state index contributed by atoms with van der Waals surface area (Å²) in [5.41, 5.74) is 0. The van der Waals surface area contributed by atoms with Crippen LogP contribution in [0.5, 0.6) is 0 Å². The monoisotopic (exact) mass is 195 g/mol. The zero-order chi connectivity index (χ0) is 8.36. The molecule has 0 spiro atoms. The van der Waals surface area contributed by atoms with Crippen LogP contribution in [-0.2, 0) is 0 Å². The highest BCUT2D eigenvalue weighted by molar-refractivity contribution is 4.51. The SMILES string of the molecule is C.C1CCC1.C1CCC1.CCC.N.[HH].[HH].[HH]. The van der Waals surface area contributed by atoms with E-state index in [4.69, 9.17) is 0 Å². The molecule has 0 heterocycles. The van der Waals surface area contributed by atoms with Gasteiger partial charge < -0.3 is 6.15 Å². The van der Waals surface area contributed by atoms with Gasteiger partial charge in [-0.1, -0.05) is 79.1 Å². The molecule has 1 heteroatoms. The van der Waals surface area contributed by atoms with Crippen molar-refractivity contribution >= 4 is 0 Å². The lowest BCUT2D eigenvalue weighted by Crippen LogP contribution is -1.85. The van der Waals surface area contributed by atoms with Crippen molar-refractivity contribution in [1.29, 1.82) is 0 Å². The molecule has 0 unspecified atom stereocenters.